The first kappa shape index (κ1) is 21.3. The van der Waals surface area contributed by atoms with Crippen molar-refractivity contribution in [2.75, 3.05) is 11.4 Å². The number of aryl methyl sites for hydroxylation is 2. The SMILES string of the molecule is Cc1nnc2nc(N3CCCc4c(CCC5(C(F)(F)F)CC5)cccc43)c3cc(F)ccc3n12. The van der Waals surface area contributed by atoms with Crippen LogP contribution in [-0.2, 0) is 12.8 Å². The van der Waals surface area contributed by atoms with Crippen molar-refractivity contribution < 1.29 is 17.6 Å². The van der Waals surface area contributed by atoms with Crippen molar-refractivity contribution in [3.8, 4) is 0 Å². The number of hydrogen-bond acceptors (Lipinski definition) is 4. The van der Waals surface area contributed by atoms with Gasteiger partial charge in [0.05, 0.1) is 10.9 Å². The lowest BCUT2D eigenvalue weighted by Crippen LogP contribution is -2.27. The summed E-state index contributed by atoms with van der Waals surface area (Å²) in [6.45, 7) is 2.49. The van der Waals surface area contributed by atoms with Crippen LogP contribution in [0.15, 0.2) is 36.4 Å². The van der Waals surface area contributed by atoms with E-state index in [0.29, 0.717) is 35.8 Å². The Kier molecular flexibility index (Phi) is 4.63. The molecule has 0 N–H and O–H groups in total. The van der Waals surface area contributed by atoms with Crippen LogP contribution in [0.1, 0.15) is 42.6 Å². The minimum Gasteiger partial charge on any atom is -0.325 e. The quantitative estimate of drug-likeness (QED) is 0.340. The summed E-state index contributed by atoms with van der Waals surface area (Å²) >= 11 is 0. The summed E-state index contributed by atoms with van der Waals surface area (Å²) in [5.41, 5.74) is 2.16. The molecule has 176 valence electrons. The van der Waals surface area contributed by atoms with E-state index in [2.05, 4.69) is 10.2 Å². The topological polar surface area (TPSA) is 46.3 Å². The third kappa shape index (κ3) is 3.24. The number of aromatic nitrogens is 4. The Bertz CT molecular complexity index is 1420. The number of anilines is 2. The van der Waals surface area contributed by atoms with Crippen LogP contribution in [0.4, 0.5) is 29.1 Å². The molecule has 5 nitrogen and oxygen atoms in total. The summed E-state index contributed by atoms with van der Waals surface area (Å²) in [4.78, 5) is 6.79. The zero-order valence-corrected chi connectivity index (χ0v) is 18.7. The fraction of sp³-hybridized carbons (Fsp3) is 0.400. The van der Waals surface area contributed by atoms with Gasteiger partial charge in [0.15, 0.2) is 0 Å². The van der Waals surface area contributed by atoms with Crippen LogP contribution in [0.3, 0.4) is 0 Å². The minimum atomic E-state index is -4.15. The lowest BCUT2D eigenvalue weighted by Gasteiger charge is -2.33. The van der Waals surface area contributed by atoms with Crippen molar-refractivity contribution in [3.63, 3.8) is 0 Å². The molecule has 2 aromatic heterocycles. The highest BCUT2D eigenvalue weighted by Crippen LogP contribution is 2.60. The van der Waals surface area contributed by atoms with Crippen LogP contribution in [0, 0.1) is 18.2 Å². The predicted octanol–water partition coefficient (Wildman–Crippen LogP) is 6.08. The molecule has 0 radical (unpaired) electrons. The molecule has 0 bridgehead atoms. The normalized spacial score (nSPS) is 17.4. The molecule has 6 rings (SSSR count). The van der Waals surface area contributed by atoms with Crippen molar-refractivity contribution in [1.29, 1.82) is 0 Å². The zero-order chi connectivity index (χ0) is 23.7. The minimum absolute atomic E-state index is 0.115. The van der Waals surface area contributed by atoms with Gasteiger partial charge in [0.1, 0.15) is 17.5 Å². The lowest BCUT2D eigenvalue weighted by molar-refractivity contribution is -0.188. The molecule has 2 aromatic carbocycles. The number of nitrogens with zero attached hydrogens (tertiary/aromatic N) is 5. The molecule has 1 saturated carbocycles. The van der Waals surface area contributed by atoms with Crippen molar-refractivity contribution in [1.82, 2.24) is 19.6 Å². The third-order valence-electron chi connectivity index (χ3n) is 7.39. The largest absolute Gasteiger partial charge is 0.394 e. The maximum Gasteiger partial charge on any atom is 0.394 e. The van der Waals surface area contributed by atoms with E-state index in [1.807, 2.05) is 30.0 Å². The Morgan fingerprint density at radius 1 is 1.09 bits per heavy atom. The van der Waals surface area contributed by atoms with Crippen LogP contribution in [0.5, 0.6) is 0 Å². The summed E-state index contributed by atoms with van der Waals surface area (Å²) in [6.07, 6.45) is -1.59. The van der Waals surface area contributed by atoms with Gasteiger partial charge in [-0.2, -0.15) is 18.2 Å². The monoisotopic (exact) mass is 469 g/mol. The second-order valence-corrected chi connectivity index (χ2v) is 9.43. The first-order valence-electron chi connectivity index (χ1n) is 11.5. The van der Waals surface area contributed by atoms with Gasteiger partial charge in [-0.3, -0.25) is 4.40 Å². The molecule has 1 aliphatic carbocycles. The molecule has 0 spiro atoms. The van der Waals surface area contributed by atoms with E-state index in [1.54, 1.807) is 10.5 Å². The Morgan fingerprint density at radius 2 is 1.91 bits per heavy atom. The Hall–Kier alpha value is -3.23. The predicted molar refractivity (Wildman–Crippen MR) is 121 cm³/mol. The molecule has 0 atom stereocenters. The van der Waals surface area contributed by atoms with E-state index in [4.69, 9.17) is 4.98 Å². The smallest absolute Gasteiger partial charge is 0.325 e. The average molecular weight is 469 g/mol. The summed E-state index contributed by atoms with van der Waals surface area (Å²) in [5, 5.41) is 8.95. The van der Waals surface area contributed by atoms with Gasteiger partial charge in [-0.25, -0.2) is 4.39 Å². The maximum atomic E-state index is 14.3. The Labute approximate surface area is 193 Å². The molecule has 34 heavy (non-hydrogen) atoms. The van der Waals surface area contributed by atoms with E-state index < -0.39 is 11.6 Å². The van der Waals surface area contributed by atoms with Gasteiger partial charge in [0.2, 0.25) is 0 Å². The highest BCUT2D eigenvalue weighted by atomic mass is 19.4. The van der Waals surface area contributed by atoms with E-state index in [0.717, 1.165) is 35.2 Å². The second-order valence-electron chi connectivity index (χ2n) is 9.43. The Balaban J connectivity index is 1.44. The molecular formula is C25H23F4N5. The van der Waals surface area contributed by atoms with E-state index in [1.165, 1.54) is 12.1 Å². The summed E-state index contributed by atoms with van der Waals surface area (Å²) in [7, 11) is 0. The van der Waals surface area contributed by atoms with Crippen LogP contribution >= 0.6 is 0 Å². The highest BCUT2D eigenvalue weighted by molar-refractivity contribution is 5.94. The molecule has 9 heteroatoms. The average Bonchev–Trinajstić information content (AvgIpc) is 3.53. The molecule has 1 aliphatic heterocycles. The third-order valence-corrected chi connectivity index (χ3v) is 7.39. The number of alkyl halides is 3. The first-order chi connectivity index (χ1) is 16.3. The van der Waals surface area contributed by atoms with Crippen LogP contribution in [0.25, 0.3) is 16.7 Å². The van der Waals surface area contributed by atoms with Crippen LogP contribution in [0.2, 0.25) is 0 Å². The van der Waals surface area contributed by atoms with E-state index in [9.17, 15) is 17.6 Å². The first-order valence-corrected chi connectivity index (χ1v) is 11.5. The van der Waals surface area contributed by atoms with E-state index >= 15 is 0 Å². The van der Waals surface area contributed by atoms with Gasteiger partial charge in [-0.05, 0) is 80.8 Å². The molecule has 4 aromatic rings. The van der Waals surface area contributed by atoms with Gasteiger partial charge in [0, 0.05) is 17.6 Å². The Morgan fingerprint density at radius 3 is 2.68 bits per heavy atom. The number of halogens is 4. The summed E-state index contributed by atoms with van der Waals surface area (Å²) in [6, 6.07) is 10.4. The van der Waals surface area contributed by atoms with Gasteiger partial charge in [0.25, 0.3) is 5.78 Å². The maximum absolute atomic E-state index is 14.3. The molecule has 2 aliphatic rings. The van der Waals surface area contributed by atoms with Crippen molar-refractivity contribution >= 4 is 28.2 Å². The van der Waals surface area contributed by atoms with Gasteiger partial charge >= 0.3 is 6.18 Å². The number of rotatable bonds is 4. The fourth-order valence-electron chi connectivity index (χ4n) is 5.30. The van der Waals surface area contributed by atoms with Gasteiger partial charge in [-0.1, -0.05) is 12.1 Å². The molecular weight excluding hydrogens is 446 g/mol. The molecule has 0 amide bonds. The van der Waals surface area contributed by atoms with Crippen molar-refractivity contribution in [3.05, 3.63) is 59.2 Å². The fourth-order valence-corrected chi connectivity index (χ4v) is 5.30. The zero-order valence-electron chi connectivity index (χ0n) is 18.7. The second kappa shape index (κ2) is 7.38. The molecule has 0 saturated heterocycles. The summed E-state index contributed by atoms with van der Waals surface area (Å²) in [5.74, 6) is 1.30. The van der Waals surface area contributed by atoms with E-state index in [-0.39, 0.29) is 25.1 Å². The van der Waals surface area contributed by atoms with Crippen molar-refractivity contribution in [2.45, 2.75) is 51.6 Å². The molecule has 0 unspecified atom stereocenters. The molecule has 1 fully saturated rings. The lowest BCUT2D eigenvalue weighted by atomic mass is 9.90. The van der Waals surface area contributed by atoms with Crippen LogP contribution < -0.4 is 4.90 Å². The highest BCUT2D eigenvalue weighted by Gasteiger charge is 2.62. The van der Waals surface area contributed by atoms with Gasteiger partial charge < -0.3 is 4.90 Å². The van der Waals surface area contributed by atoms with Gasteiger partial charge in [-0.15, -0.1) is 10.2 Å². The summed E-state index contributed by atoms with van der Waals surface area (Å²) < 4.78 is 56.5. The number of fused-ring (bicyclic) bond motifs is 4. The number of benzene rings is 2. The standard InChI is InChI=1S/C25H23F4N5/c1-15-31-32-23-30-22(19-14-17(26)7-8-21(19)34(15)23)33-13-3-5-18-16(4-2-6-20(18)33)9-10-24(11-12-24)25(27,28)29/h2,4,6-8,14H,3,5,9-13H2,1H3. The number of hydrogen-bond donors (Lipinski definition) is 0. The molecule has 3 heterocycles. The van der Waals surface area contributed by atoms with Crippen molar-refractivity contribution in [2.24, 2.45) is 5.41 Å². The van der Waals surface area contributed by atoms with Crippen LogP contribution in [-0.4, -0.2) is 32.3 Å².